The Bertz CT molecular complexity index is 1500. The van der Waals surface area contributed by atoms with Crippen molar-refractivity contribution in [3.05, 3.63) is 117 Å². The Balaban J connectivity index is 1.42. The van der Waals surface area contributed by atoms with Gasteiger partial charge < -0.3 is 10.1 Å². The molecule has 1 aromatic heterocycles. The minimum Gasteiger partial charge on any atom is -0.453 e. The van der Waals surface area contributed by atoms with Crippen LogP contribution in [0.2, 0.25) is 0 Å². The number of ketones is 1. The van der Waals surface area contributed by atoms with Gasteiger partial charge in [0, 0.05) is 41.4 Å². The van der Waals surface area contributed by atoms with Crippen LogP contribution in [-0.2, 0) is 11.2 Å². The molecule has 0 saturated heterocycles. The Morgan fingerprint density at radius 2 is 1.65 bits per heavy atom. The molecule has 0 spiro atoms. The van der Waals surface area contributed by atoms with Crippen molar-refractivity contribution in [1.82, 2.24) is 10.3 Å². The second kappa shape index (κ2) is 11.2. The summed E-state index contributed by atoms with van der Waals surface area (Å²) in [4.78, 5) is 52.4. The summed E-state index contributed by atoms with van der Waals surface area (Å²) in [5.74, 6) is -2.56. The summed E-state index contributed by atoms with van der Waals surface area (Å²) in [6.07, 6.45) is 1.92. The number of amides is 1. The van der Waals surface area contributed by atoms with E-state index in [0.717, 1.165) is 28.5 Å². The molecular weight excluding hydrogens is 481 g/mol. The van der Waals surface area contributed by atoms with Crippen LogP contribution in [0.15, 0.2) is 79.0 Å². The van der Waals surface area contributed by atoms with Gasteiger partial charge in [-0.2, -0.15) is 0 Å². The maximum absolute atomic E-state index is 13.0. The van der Waals surface area contributed by atoms with Crippen molar-refractivity contribution < 1.29 is 28.4 Å². The van der Waals surface area contributed by atoms with Gasteiger partial charge in [-0.3, -0.25) is 19.7 Å². The number of non-ortho nitro benzene ring substituents is 1. The average Bonchev–Trinajstić information content (AvgIpc) is 2.91. The number of nitro benzene ring substituents is 1. The van der Waals surface area contributed by atoms with Crippen molar-refractivity contribution in [3.8, 4) is 0 Å². The molecule has 4 rings (SSSR count). The van der Waals surface area contributed by atoms with E-state index in [1.54, 1.807) is 24.3 Å². The number of nitrogens with zero attached hydrogens (tertiary/aromatic N) is 2. The molecule has 10 heteroatoms. The molecule has 0 bridgehead atoms. The summed E-state index contributed by atoms with van der Waals surface area (Å²) in [6.45, 7) is -0.507. The number of esters is 1. The molecule has 0 aliphatic carbocycles. The van der Waals surface area contributed by atoms with Crippen molar-refractivity contribution in [2.45, 2.75) is 6.42 Å². The summed E-state index contributed by atoms with van der Waals surface area (Å²) in [6, 6.07) is 17.8. The molecule has 0 fully saturated rings. The van der Waals surface area contributed by atoms with Crippen LogP contribution >= 0.6 is 0 Å². The van der Waals surface area contributed by atoms with Crippen LogP contribution in [0.1, 0.15) is 36.8 Å². The van der Waals surface area contributed by atoms with E-state index in [-0.39, 0.29) is 29.2 Å². The van der Waals surface area contributed by atoms with E-state index in [4.69, 9.17) is 4.74 Å². The Labute approximate surface area is 210 Å². The van der Waals surface area contributed by atoms with Crippen LogP contribution in [0, 0.1) is 15.9 Å². The molecule has 37 heavy (non-hydrogen) atoms. The zero-order valence-corrected chi connectivity index (χ0v) is 19.3. The first-order valence-electron chi connectivity index (χ1n) is 11.2. The molecule has 3 aromatic carbocycles. The number of rotatable bonds is 9. The van der Waals surface area contributed by atoms with E-state index in [1.165, 1.54) is 30.5 Å². The van der Waals surface area contributed by atoms with E-state index < -0.39 is 34.9 Å². The van der Waals surface area contributed by atoms with Gasteiger partial charge in [0.2, 0.25) is 5.78 Å². The number of benzene rings is 3. The molecule has 0 radical (unpaired) electrons. The molecule has 4 aromatic rings. The smallest absolute Gasteiger partial charge is 0.357 e. The van der Waals surface area contributed by atoms with Crippen LogP contribution in [0.25, 0.3) is 10.8 Å². The van der Waals surface area contributed by atoms with Crippen molar-refractivity contribution in [1.29, 1.82) is 0 Å². The minimum atomic E-state index is -0.830. The largest absolute Gasteiger partial charge is 0.453 e. The third-order valence-electron chi connectivity index (χ3n) is 5.50. The summed E-state index contributed by atoms with van der Waals surface area (Å²) in [5, 5.41) is 15.6. The van der Waals surface area contributed by atoms with Gasteiger partial charge in [-0.25, -0.2) is 14.2 Å². The molecule has 0 aliphatic rings. The fourth-order valence-corrected chi connectivity index (χ4v) is 3.57. The molecule has 0 atom stereocenters. The number of carbonyl (C=O) groups is 3. The number of hydrogen-bond acceptors (Lipinski definition) is 7. The van der Waals surface area contributed by atoms with Crippen molar-refractivity contribution in [2.24, 2.45) is 0 Å². The summed E-state index contributed by atoms with van der Waals surface area (Å²) >= 11 is 0. The predicted molar refractivity (Wildman–Crippen MR) is 132 cm³/mol. The number of ether oxygens (including phenoxy) is 1. The van der Waals surface area contributed by atoms with Crippen LogP contribution in [0.4, 0.5) is 10.1 Å². The van der Waals surface area contributed by atoms with E-state index in [9.17, 15) is 28.9 Å². The molecule has 0 aliphatic heterocycles. The van der Waals surface area contributed by atoms with Gasteiger partial charge in [-0.15, -0.1) is 0 Å². The van der Waals surface area contributed by atoms with Gasteiger partial charge in [-0.05, 0) is 41.6 Å². The summed E-state index contributed by atoms with van der Waals surface area (Å²) in [7, 11) is 0. The number of fused-ring (bicyclic) bond motifs is 1. The minimum absolute atomic E-state index is 0.00626. The maximum Gasteiger partial charge on any atom is 0.357 e. The number of nitro groups is 1. The number of nitrogens with one attached hydrogen (secondary N) is 1. The highest BCUT2D eigenvalue weighted by Crippen LogP contribution is 2.19. The number of hydrogen-bond donors (Lipinski definition) is 1. The first kappa shape index (κ1) is 25.1. The summed E-state index contributed by atoms with van der Waals surface area (Å²) in [5.41, 5.74) is 0.0829. The van der Waals surface area contributed by atoms with Crippen LogP contribution in [0.3, 0.4) is 0 Å². The fraction of sp³-hybridized carbons (Fsp3) is 0.111. The predicted octanol–water partition coefficient (Wildman–Crippen LogP) is 4.29. The lowest BCUT2D eigenvalue weighted by Crippen LogP contribution is -2.26. The SMILES string of the molecule is O=C(COC(=O)c1cc2ccccc2cn1)c1cc(C(=O)NCCc2ccc(F)cc2)cc([N+](=O)[O-])c1. The monoisotopic (exact) mass is 501 g/mol. The van der Waals surface area contributed by atoms with Gasteiger partial charge in [-0.1, -0.05) is 36.4 Å². The molecule has 9 nitrogen and oxygen atoms in total. The van der Waals surface area contributed by atoms with Crippen LogP contribution in [0.5, 0.6) is 0 Å². The Kier molecular flexibility index (Phi) is 7.58. The molecular formula is C27H20FN3O6. The fourth-order valence-electron chi connectivity index (χ4n) is 3.57. The zero-order chi connectivity index (χ0) is 26.4. The zero-order valence-electron chi connectivity index (χ0n) is 19.3. The average molecular weight is 501 g/mol. The highest BCUT2D eigenvalue weighted by atomic mass is 19.1. The molecule has 1 amide bonds. The third-order valence-corrected chi connectivity index (χ3v) is 5.50. The normalized spacial score (nSPS) is 10.6. The Morgan fingerprint density at radius 1 is 0.946 bits per heavy atom. The van der Waals surface area contributed by atoms with Crippen molar-refractivity contribution in [2.75, 3.05) is 13.2 Å². The number of halogens is 1. The van der Waals surface area contributed by atoms with E-state index in [0.29, 0.717) is 6.42 Å². The molecule has 0 unspecified atom stereocenters. The number of carbonyl (C=O) groups excluding carboxylic acids is 3. The van der Waals surface area contributed by atoms with Gasteiger partial charge in [0.25, 0.3) is 11.6 Å². The van der Waals surface area contributed by atoms with Crippen LogP contribution in [-0.4, -0.2) is 40.7 Å². The molecule has 1 heterocycles. The Morgan fingerprint density at radius 3 is 2.38 bits per heavy atom. The van der Waals surface area contributed by atoms with E-state index in [1.807, 2.05) is 12.1 Å². The third kappa shape index (κ3) is 6.37. The number of pyridine rings is 1. The number of Topliss-reactive ketones (excluding diaryl/α,β-unsaturated/α-hetero) is 1. The van der Waals surface area contributed by atoms with E-state index in [2.05, 4.69) is 10.3 Å². The topological polar surface area (TPSA) is 129 Å². The standard InChI is InChI=1S/C27H20FN3O6/c28-22-7-5-17(6-8-22)9-10-29-26(33)21-11-20(12-23(13-21)31(35)36)25(32)16-37-27(34)24-14-18-3-1-2-4-19(18)15-30-24/h1-8,11-15H,9-10,16H2,(H,29,33). The van der Waals surface area contributed by atoms with Crippen molar-refractivity contribution >= 4 is 34.1 Å². The quantitative estimate of drug-likeness (QED) is 0.157. The number of aromatic nitrogens is 1. The van der Waals surface area contributed by atoms with Crippen molar-refractivity contribution in [3.63, 3.8) is 0 Å². The lowest BCUT2D eigenvalue weighted by molar-refractivity contribution is -0.384. The second-order valence-electron chi connectivity index (χ2n) is 8.07. The van der Waals surface area contributed by atoms with Gasteiger partial charge in [0.05, 0.1) is 4.92 Å². The highest BCUT2D eigenvalue weighted by molar-refractivity contribution is 6.03. The molecule has 186 valence electrons. The maximum atomic E-state index is 13.0. The molecule has 0 saturated carbocycles. The summed E-state index contributed by atoms with van der Waals surface area (Å²) < 4.78 is 18.1. The van der Waals surface area contributed by atoms with Gasteiger partial charge in [0.15, 0.2) is 6.61 Å². The Hall–Kier alpha value is -4.99. The van der Waals surface area contributed by atoms with Gasteiger partial charge >= 0.3 is 5.97 Å². The first-order chi connectivity index (χ1) is 17.8. The lowest BCUT2D eigenvalue weighted by atomic mass is 10.1. The first-order valence-corrected chi connectivity index (χ1v) is 11.2. The van der Waals surface area contributed by atoms with Gasteiger partial charge in [0.1, 0.15) is 11.5 Å². The van der Waals surface area contributed by atoms with E-state index >= 15 is 0 Å². The molecule has 1 N–H and O–H groups in total. The highest BCUT2D eigenvalue weighted by Gasteiger charge is 2.20. The second-order valence-corrected chi connectivity index (χ2v) is 8.07. The lowest BCUT2D eigenvalue weighted by Gasteiger charge is -2.08. The van der Waals surface area contributed by atoms with Crippen LogP contribution < -0.4 is 5.32 Å².